The fourth-order valence-corrected chi connectivity index (χ4v) is 4.87. The summed E-state index contributed by atoms with van der Waals surface area (Å²) in [7, 11) is 0. The fraction of sp³-hybridized carbons (Fsp3) is 0.371. The summed E-state index contributed by atoms with van der Waals surface area (Å²) in [6.45, 7) is 10.6. The number of nitrogens with zero attached hydrogens (tertiary/aromatic N) is 2. The lowest BCUT2D eigenvalue weighted by Crippen LogP contribution is -2.58. The molecule has 0 radical (unpaired) electrons. The van der Waals surface area contributed by atoms with Crippen LogP contribution in [0.5, 0.6) is 0 Å². The maximum atomic E-state index is 14.3. The van der Waals surface area contributed by atoms with Gasteiger partial charge in [0.05, 0.1) is 24.5 Å². The number of ketones is 1. The summed E-state index contributed by atoms with van der Waals surface area (Å²) in [6.07, 6.45) is -0.557. The van der Waals surface area contributed by atoms with Gasteiger partial charge in [-0.25, -0.2) is 4.79 Å². The van der Waals surface area contributed by atoms with Crippen LogP contribution >= 0.6 is 0 Å². The van der Waals surface area contributed by atoms with Crippen LogP contribution in [0.2, 0.25) is 0 Å². The topological polar surface area (TPSA) is 108 Å². The summed E-state index contributed by atoms with van der Waals surface area (Å²) in [6, 6.07) is 24.2. The average molecular weight is 599 g/mol. The van der Waals surface area contributed by atoms with Crippen LogP contribution in [0.25, 0.3) is 0 Å². The molecule has 2 atom stereocenters. The summed E-state index contributed by atoms with van der Waals surface area (Å²) >= 11 is 0. The molecule has 2 unspecified atom stereocenters. The highest BCUT2D eigenvalue weighted by Crippen LogP contribution is 2.37. The van der Waals surface area contributed by atoms with Crippen LogP contribution in [0.3, 0.4) is 0 Å². The molecule has 1 heterocycles. The lowest BCUT2D eigenvalue weighted by molar-refractivity contribution is -0.130. The highest BCUT2D eigenvalue weighted by atomic mass is 16.6. The van der Waals surface area contributed by atoms with Gasteiger partial charge in [-0.2, -0.15) is 0 Å². The lowest BCUT2D eigenvalue weighted by atomic mass is 9.90. The van der Waals surface area contributed by atoms with Crippen molar-refractivity contribution in [2.24, 2.45) is 5.41 Å². The zero-order valence-electron chi connectivity index (χ0n) is 26.3. The molecule has 3 amide bonds. The maximum Gasteiger partial charge on any atom is 0.408 e. The van der Waals surface area contributed by atoms with Crippen molar-refractivity contribution in [3.8, 4) is 0 Å². The Kier molecular flexibility index (Phi) is 9.77. The SMILES string of the molecule is CC(C)(C)OC(=O)NC(Cc1ccccc1)C(=O)NC1CN(c2ccccc2)c2ccccc2N(CC(=O)C(C)(C)C)C1=O. The molecular formula is C35H42N4O5. The lowest BCUT2D eigenvalue weighted by Gasteiger charge is -2.29. The van der Waals surface area contributed by atoms with Gasteiger partial charge in [0.1, 0.15) is 17.7 Å². The van der Waals surface area contributed by atoms with Crippen molar-refractivity contribution in [1.82, 2.24) is 10.6 Å². The first kappa shape index (κ1) is 32.3. The first-order valence-electron chi connectivity index (χ1n) is 14.8. The Hall–Kier alpha value is -4.66. The molecule has 3 aromatic carbocycles. The minimum absolute atomic E-state index is 0.107. The minimum Gasteiger partial charge on any atom is -0.444 e. The summed E-state index contributed by atoms with van der Waals surface area (Å²) in [5.41, 5.74) is 1.51. The highest BCUT2D eigenvalue weighted by Gasteiger charge is 2.38. The molecule has 0 aliphatic carbocycles. The molecule has 9 heteroatoms. The number of benzene rings is 3. The van der Waals surface area contributed by atoms with Crippen LogP contribution in [0.4, 0.5) is 21.9 Å². The van der Waals surface area contributed by atoms with E-state index in [9.17, 15) is 19.2 Å². The van der Waals surface area contributed by atoms with E-state index >= 15 is 0 Å². The molecule has 0 fully saturated rings. The van der Waals surface area contributed by atoms with Gasteiger partial charge in [-0.3, -0.25) is 14.4 Å². The van der Waals surface area contributed by atoms with Crippen molar-refractivity contribution >= 4 is 40.8 Å². The summed E-state index contributed by atoms with van der Waals surface area (Å²) in [5, 5.41) is 5.62. The molecule has 232 valence electrons. The summed E-state index contributed by atoms with van der Waals surface area (Å²) in [5.74, 6) is -1.08. The Morgan fingerprint density at radius 2 is 1.41 bits per heavy atom. The van der Waals surface area contributed by atoms with Crippen LogP contribution in [0, 0.1) is 5.41 Å². The van der Waals surface area contributed by atoms with Gasteiger partial charge >= 0.3 is 6.09 Å². The molecule has 2 N–H and O–H groups in total. The smallest absolute Gasteiger partial charge is 0.408 e. The second-order valence-corrected chi connectivity index (χ2v) is 13.0. The van der Waals surface area contributed by atoms with Crippen LogP contribution in [0.15, 0.2) is 84.9 Å². The van der Waals surface area contributed by atoms with Crippen molar-refractivity contribution in [2.45, 2.75) is 65.6 Å². The number of anilines is 3. The highest BCUT2D eigenvalue weighted by molar-refractivity contribution is 6.08. The van der Waals surface area contributed by atoms with Gasteiger partial charge in [-0.15, -0.1) is 0 Å². The van der Waals surface area contributed by atoms with Gasteiger partial charge in [0, 0.05) is 17.5 Å². The molecule has 4 rings (SSSR count). The molecule has 0 spiro atoms. The van der Waals surface area contributed by atoms with Crippen molar-refractivity contribution in [2.75, 3.05) is 22.9 Å². The number of fused-ring (bicyclic) bond motifs is 1. The van der Waals surface area contributed by atoms with E-state index in [1.807, 2.05) is 111 Å². The van der Waals surface area contributed by atoms with Crippen molar-refractivity contribution in [3.63, 3.8) is 0 Å². The molecular weight excluding hydrogens is 556 g/mol. The van der Waals surface area contributed by atoms with Crippen LogP contribution in [-0.2, 0) is 25.5 Å². The Morgan fingerprint density at radius 3 is 2.00 bits per heavy atom. The number of ether oxygens (including phenoxy) is 1. The van der Waals surface area contributed by atoms with Crippen LogP contribution < -0.4 is 20.4 Å². The number of amides is 3. The Labute approximate surface area is 259 Å². The second-order valence-electron chi connectivity index (χ2n) is 13.0. The number of para-hydroxylation sites is 3. The third-order valence-corrected chi connectivity index (χ3v) is 7.21. The fourth-order valence-electron chi connectivity index (χ4n) is 4.87. The average Bonchev–Trinajstić information content (AvgIpc) is 3.07. The monoisotopic (exact) mass is 598 g/mol. The van der Waals surface area contributed by atoms with Gasteiger partial charge < -0.3 is 25.2 Å². The van der Waals surface area contributed by atoms with E-state index in [4.69, 9.17) is 4.74 Å². The third kappa shape index (κ3) is 8.24. The zero-order valence-corrected chi connectivity index (χ0v) is 26.3. The molecule has 44 heavy (non-hydrogen) atoms. The number of hydrogen-bond acceptors (Lipinski definition) is 6. The predicted molar refractivity (Wildman–Crippen MR) is 172 cm³/mol. The maximum absolute atomic E-state index is 14.3. The van der Waals surface area contributed by atoms with E-state index in [2.05, 4.69) is 10.6 Å². The van der Waals surface area contributed by atoms with Crippen molar-refractivity contribution in [3.05, 3.63) is 90.5 Å². The third-order valence-electron chi connectivity index (χ3n) is 7.21. The van der Waals surface area contributed by atoms with Gasteiger partial charge in [0.2, 0.25) is 5.91 Å². The van der Waals surface area contributed by atoms with Gasteiger partial charge in [0.25, 0.3) is 5.91 Å². The number of carbonyl (C=O) groups excluding carboxylic acids is 4. The first-order valence-corrected chi connectivity index (χ1v) is 14.8. The number of alkyl carbamates (subject to hydrolysis) is 1. The van der Waals surface area contributed by atoms with Crippen LogP contribution in [0.1, 0.15) is 47.1 Å². The van der Waals surface area contributed by atoms with E-state index in [1.165, 1.54) is 4.90 Å². The quantitative estimate of drug-likeness (QED) is 0.359. The van der Waals surface area contributed by atoms with Crippen LogP contribution in [-0.4, -0.2) is 54.5 Å². The van der Waals surface area contributed by atoms with E-state index in [1.54, 1.807) is 20.8 Å². The molecule has 0 aromatic heterocycles. The molecule has 0 bridgehead atoms. The molecule has 0 saturated carbocycles. The van der Waals surface area contributed by atoms with E-state index < -0.39 is 41.0 Å². The normalized spacial score (nSPS) is 16.0. The van der Waals surface area contributed by atoms with Gasteiger partial charge in [-0.05, 0) is 50.6 Å². The van der Waals surface area contributed by atoms with E-state index in [0.717, 1.165) is 16.9 Å². The molecule has 9 nitrogen and oxygen atoms in total. The molecule has 0 saturated heterocycles. The second kappa shape index (κ2) is 13.3. The Bertz CT molecular complexity index is 1480. The number of rotatable bonds is 8. The molecule has 3 aromatic rings. The largest absolute Gasteiger partial charge is 0.444 e. The number of carbonyl (C=O) groups is 4. The first-order chi connectivity index (χ1) is 20.7. The summed E-state index contributed by atoms with van der Waals surface area (Å²) in [4.78, 5) is 57.7. The standard InChI is InChI=1S/C35H42N4O5/c1-34(2,3)30(40)23-39-29-20-14-13-19-28(29)38(25-17-11-8-12-18-25)22-27(32(39)42)36-31(41)26(21-24-15-9-7-10-16-24)37-33(43)44-35(4,5)6/h7-20,26-27H,21-23H2,1-6H3,(H,36,41)(H,37,43). The van der Waals surface area contributed by atoms with Gasteiger partial charge in [0.15, 0.2) is 5.78 Å². The predicted octanol–water partition coefficient (Wildman–Crippen LogP) is 5.41. The van der Waals surface area contributed by atoms with Gasteiger partial charge in [-0.1, -0.05) is 81.4 Å². The number of hydrogen-bond donors (Lipinski definition) is 2. The molecule has 1 aliphatic rings. The Balaban J connectivity index is 1.71. The number of nitrogens with one attached hydrogen (secondary N) is 2. The zero-order chi connectivity index (χ0) is 32.1. The van der Waals surface area contributed by atoms with Crippen molar-refractivity contribution in [1.29, 1.82) is 0 Å². The summed E-state index contributed by atoms with van der Waals surface area (Å²) < 4.78 is 5.45. The van der Waals surface area contributed by atoms with E-state index in [0.29, 0.717) is 5.69 Å². The Morgan fingerprint density at radius 1 is 0.841 bits per heavy atom. The minimum atomic E-state index is -1.04. The molecule has 1 aliphatic heterocycles. The van der Waals surface area contributed by atoms with E-state index in [-0.39, 0.29) is 25.3 Å². The van der Waals surface area contributed by atoms with Crippen molar-refractivity contribution < 1.29 is 23.9 Å². The number of Topliss-reactive ketones (excluding diaryl/α,β-unsaturated/α-hetero) is 1.